The van der Waals surface area contributed by atoms with E-state index in [2.05, 4.69) is 121 Å². The number of benzene rings is 8. The van der Waals surface area contributed by atoms with Gasteiger partial charge in [-0.1, -0.05) is 140 Å². The molecule has 51 heavy (non-hydrogen) atoms. The van der Waals surface area contributed by atoms with Crippen molar-refractivity contribution in [3.63, 3.8) is 0 Å². The van der Waals surface area contributed by atoms with E-state index in [1.54, 1.807) is 0 Å². The zero-order valence-electron chi connectivity index (χ0n) is 27.3. The second-order valence-corrected chi connectivity index (χ2v) is 13.2. The Morgan fingerprint density at radius 1 is 0.314 bits per heavy atom. The number of furan rings is 1. The number of fused-ring (bicyclic) bond motifs is 7. The van der Waals surface area contributed by atoms with E-state index >= 15 is 0 Å². The van der Waals surface area contributed by atoms with Crippen molar-refractivity contribution in [2.45, 2.75) is 0 Å². The van der Waals surface area contributed by atoms with Gasteiger partial charge in [0.05, 0.1) is 0 Å². The van der Waals surface area contributed by atoms with E-state index in [0.29, 0.717) is 17.5 Å². The number of hydrogen-bond donors (Lipinski definition) is 0. The average Bonchev–Trinajstić information content (AvgIpc) is 3.74. The monoisotopic (exact) mass is 649 g/mol. The lowest BCUT2D eigenvalue weighted by molar-refractivity contribution is 0.669. The SMILES string of the molecule is c1ccc(-c2nc(-c3ccc4c(c3)-c3cccc5cccc-4c35)nc(-c3cccc4oc5ccc(-c6cccc7ccccc67)cc5c34)n2)cc1. The van der Waals surface area contributed by atoms with E-state index < -0.39 is 0 Å². The van der Waals surface area contributed by atoms with Crippen LogP contribution in [0, 0.1) is 0 Å². The minimum atomic E-state index is 0.605. The second kappa shape index (κ2) is 10.8. The average molecular weight is 650 g/mol. The maximum absolute atomic E-state index is 6.46. The summed E-state index contributed by atoms with van der Waals surface area (Å²) in [4.78, 5) is 15.4. The van der Waals surface area contributed by atoms with Crippen LogP contribution in [-0.4, -0.2) is 15.0 Å². The van der Waals surface area contributed by atoms with Gasteiger partial charge in [-0.3, -0.25) is 0 Å². The summed E-state index contributed by atoms with van der Waals surface area (Å²) < 4.78 is 6.46. The number of nitrogens with zero attached hydrogens (tertiary/aromatic N) is 3. The van der Waals surface area contributed by atoms with Gasteiger partial charge in [-0.25, -0.2) is 15.0 Å². The van der Waals surface area contributed by atoms with Crippen molar-refractivity contribution >= 4 is 43.5 Å². The molecule has 1 aliphatic rings. The van der Waals surface area contributed by atoms with Gasteiger partial charge in [-0.05, 0) is 79.2 Å². The fourth-order valence-electron chi connectivity index (χ4n) is 7.93. The molecule has 0 saturated carbocycles. The van der Waals surface area contributed by atoms with E-state index in [0.717, 1.165) is 44.2 Å². The van der Waals surface area contributed by atoms with E-state index in [1.165, 1.54) is 49.4 Å². The highest BCUT2D eigenvalue weighted by molar-refractivity contribution is 6.16. The Morgan fingerprint density at radius 2 is 0.961 bits per heavy atom. The minimum Gasteiger partial charge on any atom is -0.456 e. The fraction of sp³-hybridized carbons (Fsp3) is 0. The Morgan fingerprint density at radius 3 is 1.82 bits per heavy atom. The molecule has 10 aromatic rings. The van der Waals surface area contributed by atoms with Gasteiger partial charge in [0, 0.05) is 27.5 Å². The lowest BCUT2D eigenvalue weighted by Gasteiger charge is -2.11. The molecular formula is C47H27N3O. The molecule has 236 valence electrons. The van der Waals surface area contributed by atoms with Crippen LogP contribution in [0.3, 0.4) is 0 Å². The van der Waals surface area contributed by atoms with Crippen LogP contribution in [0.15, 0.2) is 168 Å². The van der Waals surface area contributed by atoms with Gasteiger partial charge in [0.15, 0.2) is 17.5 Å². The molecule has 11 rings (SSSR count). The molecule has 0 bridgehead atoms. The van der Waals surface area contributed by atoms with Crippen LogP contribution in [0.4, 0.5) is 0 Å². The van der Waals surface area contributed by atoms with Crippen LogP contribution in [0.5, 0.6) is 0 Å². The van der Waals surface area contributed by atoms with Crippen molar-refractivity contribution in [2.75, 3.05) is 0 Å². The van der Waals surface area contributed by atoms with Crippen molar-refractivity contribution in [2.24, 2.45) is 0 Å². The molecular weight excluding hydrogens is 623 g/mol. The molecule has 0 unspecified atom stereocenters. The van der Waals surface area contributed by atoms with Crippen LogP contribution < -0.4 is 0 Å². The highest BCUT2D eigenvalue weighted by Gasteiger charge is 2.23. The highest BCUT2D eigenvalue weighted by Crippen LogP contribution is 2.48. The normalized spacial score (nSPS) is 11.9. The summed E-state index contributed by atoms with van der Waals surface area (Å²) in [7, 11) is 0. The largest absolute Gasteiger partial charge is 0.456 e. The van der Waals surface area contributed by atoms with Crippen LogP contribution in [-0.2, 0) is 0 Å². The van der Waals surface area contributed by atoms with Gasteiger partial charge in [0.1, 0.15) is 11.2 Å². The van der Waals surface area contributed by atoms with Crippen LogP contribution >= 0.6 is 0 Å². The number of aromatic nitrogens is 3. The summed E-state index contributed by atoms with van der Waals surface area (Å²) in [6.07, 6.45) is 0. The smallest absolute Gasteiger partial charge is 0.164 e. The van der Waals surface area contributed by atoms with Gasteiger partial charge in [0.25, 0.3) is 0 Å². The Bertz CT molecular complexity index is 3020. The Kier molecular flexibility index (Phi) is 5.92. The zero-order chi connectivity index (χ0) is 33.5. The fourth-order valence-corrected chi connectivity index (χ4v) is 7.93. The van der Waals surface area contributed by atoms with E-state index in [-0.39, 0.29) is 0 Å². The molecule has 0 atom stereocenters. The molecule has 8 aromatic carbocycles. The van der Waals surface area contributed by atoms with Crippen molar-refractivity contribution in [1.29, 1.82) is 0 Å². The molecule has 0 radical (unpaired) electrons. The van der Waals surface area contributed by atoms with Gasteiger partial charge in [0.2, 0.25) is 0 Å². The summed E-state index contributed by atoms with van der Waals surface area (Å²) >= 11 is 0. The van der Waals surface area contributed by atoms with Gasteiger partial charge < -0.3 is 4.42 Å². The number of rotatable bonds is 4. The molecule has 4 heteroatoms. The predicted octanol–water partition coefficient (Wildman–Crippen LogP) is 12.4. The van der Waals surface area contributed by atoms with Gasteiger partial charge in [-0.2, -0.15) is 0 Å². The molecule has 2 aromatic heterocycles. The lowest BCUT2D eigenvalue weighted by atomic mass is 9.96. The molecule has 0 fully saturated rings. The summed E-state index contributed by atoms with van der Waals surface area (Å²) in [5.74, 6) is 1.86. The highest BCUT2D eigenvalue weighted by atomic mass is 16.3. The summed E-state index contributed by atoms with van der Waals surface area (Å²) in [5.41, 5.74) is 11.7. The van der Waals surface area contributed by atoms with Gasteiger partial charge >= 0.3 is 0 Å². The summed E-state index contributed by atoms with van der Waals surface area (Å²) in [6, 6.07) is 57.4. The quantitative estimate of drug-likeness (QED) is 0.190. The van der Waals surface area contributed by atoms with Gasteiger partial charge in [-0.15, -0.1) is 0 Å². The molecule has 1 aliphatic carbocycles. The van der Waals surface area contributed by atoms with Crippen molar-refractivity contribution in [3.05, 3.63) is 164 Å². The first kappa shape index (κ1) is 28.0. The third-order valence-electron chi connectivity index (χ3n) is 10.3. The standard InChI is InChI=1S/C47H27N3O/c1-2-11-30(12-3-1)45-48-46(32-22-24-35-36-18-7-14-29-15-8-19-37(43(29)36)39(35)27-32)50-47(49-45)38-20-9-21-42-44(38)40-26-31(23-25-41(40)51-42)34-17-6-13-28-10-4-5-16-33(28)34/h1-27H. The molecule has 0 N–H and O–H groups in total. The first-order chi connectivity index (χ1) is 25.3. The molecule has 2 heterocycles. The number of hydrogen-bond acceptors (Lipinski definition) is 4. The molecule has 0 spiro atoms. The third kappa shape index (κ3) is 4.30. The Hall–Kier alpha value is -6.91. The topological polar surface area (TPSA) is 51.8 Å². The van der Waals surface area contributed by atoms with Crippen LogP contribution in [0.2, 0.25) is 0 Å². The maximum atomic E-state index is 6.46. The third-order valence-corrected chi connectivity index (χ3v) is 10.3. The molecule has 0 saturated heterocycles. The summed E-state index contributed by atoms with van der Waals surface area (Å²) in [6.45, 7) is 0. The van der Waals surface area contributed by atoms with E-state index in [1.807, 2.05) is 42.5 Å². The maximum Gasteiger partial charge on any atom is 0.164 e. The van der Waals surface area contributed by atoms with E-state index in [9.17, 15) is 0 Å². The van der Waals surface area contributed by atoms with E-state index in [4.69, 9.17) is 19.4 Å². The molecule has 0 amide bonds. The predicted molar refractivity (Wildman–Crippen MR) is 208 cm³/mol. The van der Waals surface area contributed by atoms with Crippen molar-refractivity contribution in [1.82, 2.24) is 15.0 Å². The molecule has 4 nitrogen and oxygen atoms in total. The summed E-state index contributed by atoms with van der Waals surface area (Å²) in [5, 5.41) is 7.00. The molecule has 0 aliphatic heterocycles. The first-order valence-corrected chi connectivity index (χ1v) is 17.2. The lowest BCUT2D eigenvalue weighted by Crippen LogP contribution is -2.00. The Balaban J connectivity index is 1.13. The zero-order valence-corrected chi connectivity index (χ0v) is 27.3. The Labute approximate surface area is 293 Å². The van der Waals surface area contributed by atoms with Crippen LogP contribution in [0.25, 0.3) is 111 Å². The van der Waals surface area contributed by atoms with Crippen LogP contribution in [0.1, 0.15) is 0 Å². The van der Waals surface area contributed by atoms with Crippen molar-refractivity contribution < 1.29 is 4.42 Å². The minimum absolute atomic E-state index is 0.605. The second-order valence-electron chi connectivity index (χ2n) is 13.2. The first-order valence-electron chi connectivity index (χ1n) is 17.2. The van der Waals surface area contributed by atoms with Crippen molar-refractivity contribution in [3.8, 4) is 67.5 Å².